The standard InChI is InChI=1S/C49H56ClN7O9S2Si/c1-30-44(45-38(50)22-20-36-37(21-23-43(58)64-8)47(48(59)65-9)53(5)46(36)45)39(52-54(30)6)28-56(68(62,63)42-19-15-14-18-40(42)57(60)61)27-32-25-33(55(7)51-32)29-67-34-24-31-16-12-13-17-35(31)41(26-34)66-69(10,11)49(2,3)4/h12-20,22,24-26H,21,23,27-29H2,1-11H3. The Balaban J connectivity index is 1.30. The molecule has 0 fully saturated rings. The van der Waals surface area contributed by atoms with Crippen LogP contribution in [0.15, 0.2) is 88.7 Å². The molecule has 4 aromatic carbocycles. The van der Waals surface area contributed by atoms with Gasteiger partial charge in [-0.15, -0.1) is 11.8 Å². The number of fused-ring (bicyclic) bond motifs is 2. The minimum Gasteiger partial charge on any atom is -0.543 e. The summed E-state index contributed by atoms with van der Waals surface area (Å²) in [5, 5.41) is 24.9. The number of aryl methyl sites for hydroxylation is 4. The smallest absolute Gasteiger partial charge is 0.354 e. The number of esters is 2. The van der Waals surface area contributed by atoms with E-state index >= 15 is 0 Å². The first kappa shape index (κ1) is 50.9. The van der Waals surface area contributed by atoms with Crippen LogP contribution in [0.5, 0.6) is 5.75 Å². The lowest BCUT2D eigenvalue weighted by atomic mass is 9.98. The zero-order valence-corrected chi connectivity index (χ0v) is 43.9. The van der Waals surface area contributed by atoms with E-state index in [1.54, 1.807) is 59.0 Å². The number of ether oxygens (including phenoxy) is 2. The van der Waals surface area contributed by atoms with Crippen molar-refractivity contribution in [1.29, 1.82) is 0 Å². The van der Waals surface area contributed by atoms with Crippen molar-refractivity contribution in [3.8, 4) is 16.9 Å². The molecule has 69 heavy (non-hydrogen) atoms. The third-order valence-corrected chi connectivity index (χ3v) is 20.5. The van der Waals surface area contributed by atoms with Gasteiger partial charge >= 0.3 is 11.9 Å². The van der Waals surface area contributed by atoms with Crippen molar-refractivity contribution in [1.82, 2.24) is 28.4 Å². The van der Waals surface area contributed by atoms with Crippen LogP contribution < -0.4 is 4.43 Å². The number of hydrogen-bond acceptors (Lipinski definition) is 12. The normalized spacial score (nSPS) is 12.3. The molecule has 0 N–H and O–H groups in total. The molecular weight excluding hydrogens is 958 g/mol. The molecule has 0 bridgehead atoms. The number of nitrogens with zero attached hydrogens (tertiary/aromatic N) is 7. The van der Waals surface area contributed by atoms with Crippen LogP contribution in [0.4, 0.5) is 5.69 Å². The molecule has 364 valence electrons. The maximum absolute atomic E-state index is 15.0. The van der Waals surface area contributed by atoms with Crippen molar-refractivity contribution < 1.29 is 36.8 Å². The Labute approximate surface area is 411 Å². The predicted molar refractivity (Wildman–Crippen MR) is 271 cm³/mol. The number of methoxy groups -OCH3 is 2. The quantitative estimate of drug-likeness (QED) is 0.0277. The van der Waals surface area contributed by atoms with E-state index in [1.165, 1.54) is 32.4 Å². The SMILES string of the molecule is COC(=O)CCc1c(C(=O)OC)n(C)c2c(-c3c(CN(Cc4cc(CSc5cc(O[Si](C)(C)C(C)(C)C)c6ccccc6c5)n(C)n4)S(=O)(=O)c4ccccc4[N+](=O)[O-])nn(C)c3C)c(Cl)ccc12. The number of sulfonamides is 1. The fraction of sp³-hybridized carbons (Fsp3) is 0.347. The maximum Gasteiger partial charge on any atom is 0.354 e. The molecule has 0 aliphatic rings. The molecule has 7 rings (SSSR count). The van der Waals surface area contributed by atoms with E-state index in [0.29, 0.717) is 44.7 Å². The Bertz CT molecular complexity index is 3270. The molecule has 0 atom stereocenters. The molecule has 0 unspecified atom stereocenters. The van der Waals surface area contributed by atoms with Crippen LogP contribution in [0.3, 0.4) is 0 Å². The van der Waals surface area contributed by atoms with E-state index < -0.39 is 45.8 Å². The second kappa shape index (κ2) is 19.8. The maximum atomic E-state index is 15.0. The molecule has 0 aliphatic heterocycles. The summed E-state index contributed by atoms with van der Waals surface area (Å²) < 4.78 is 53.0. The van der Waals surface area contributed by atoms with Gasteiger partial charge in [-0.2, -0.15) is 14.5 Å². The molecule has 0 saturated heterocycles. The molecule has 0 amide bonds. The van der Waals surface area contributed by atoms with Gasteiger partial charge in [-0.3, -0.25) is 24.3 Å². The molecule has 3 heterocycles. The van der Waals surface area contributed by atoms with Crippen molar-refractivity contribution in [3.05, 3.63) is 128 Å². The van der Waals surface area contributed by atoms with E-state index in [-0.39, 0.29) is 47.4 Å². The zero-order valence-electron chi connectivity index (χ0n) is 40.5. The lowest BCUT2D eigenvalue weighted by molar-refractivity contribution is -0.387. The van der Waals surface area contributed by atoms with Crippen molar-refractivity contribution >= 4 is 81.0 Å². The Morgan fingerprint density at radius 3 is 2.28 bits per heavy atom. The highest BCUT2D eigenvalue weighted by molar-refractivity contribution is 7.98. The number of rotatable bonds is 17. The van der Waals surface area contributed by atoms with Crippen LogP contribution in [0.25, 0.3) is 32.8 Å². The van der Waals surface area contributed by atoms with E-state index in [4.69, 9.17) is 35.7 Å². The number of aromatic nitrogens is 5. The summed E-state index contributed by atoms with van der Waals surface area (Å²) in [6.45, 7) is 12.2. The van der Waals surface area contributed by atoms with Crippen LogP contribution >= 0.6 is 23.4 Å². The molecular formula is C49H56ClN7O9S2Si. The molecule has 0 radical (unpaired) electrons. The first-order valence-electron chi connectivity index (χ1n) is 22.1. The van der Waals surface area contributed by atoms with Crippen molar-refractivity contribution in [2.75, 3.05) is 14.2 Å². The lowest BCUT2D eigenvalue weighted by Gasteiger charge is -2.37. The van der Waals surface area contributed by atoms with Gasteiger partial charge in [-0.05, 0) is 72.8 Å². The predicted octanol–water partition coefficient (Wildman–Crippen LogP) is 10.3. The third-order valence-electron chi connectivity index (χ3n) is 13.0. The summed E-state index contributed by atoms with van der Waals surface area (Å²) in [7, 11) is 0.908. The summed E-state index contributed by atoms with van der Waals surface area (Å²) in [6, 6.07) is 22.8. The lowest BCUT2D eigenvalue weighted by Crippen LogP contribution is -2.43. The van der Waals surface area contributed by atoms with Crippen LogP contribution in [0, 0.1) is 17.0 Å². The highest BCUT2D eigenvalue weighted by atomic mass is 35.5. The van der Waals surface area contributed by atoms with Crippen LogP contribution in [0.2, 0.25) is 23.2 Å². The summed E-state index contributed by atoms with van der Waals surface area (Å²) >= 11 is 8.71. The Morgan fingerprint density at radius 2 is 1.59 bits per heavy atom. The van der Waals surface area contributed by atoms with Gasteiger partial charge in [0.2, 0.25) is 0 Å². The molecule has 0 saturated carbocycles. The number of carbonyl (C=O) groups excluding carboxylic acids is 2. The number of nitro groups is 1. The van der Waals surface area contributed by atoms with Gasteiger partial charge in [0.25, 0.3) is 24.0 Å². The molecule has 3 aromatic heterocycles. The summed E-state index contributed by atoms with van der Waals surface area (Å²) in [5.74, 6) is 0.218. The second-order valence-electron chi connectivity index (χ2n) is 18.3. The average Bonchev–Trinajstić information content (AvgIpc) is 3.90. The molecule has 7 aromatic rings. The van der Waals surface area contributed by atoms with Gasteiger partial charge in [0.1, 0.15) is 11.4 Å². The van der Waals surface area contributed by atoms with E-state index in [1.807, 2.05) is 25.1 Å². The minimum atomic E-state index is -4.65. The van der Waals surface area contributed by atoms with Crippen LogP contribution in [-0.2, 0) is 70.7 Å². The van der Waals surface area contributed by atoms with Crippen LogP contribution in [-0.4, -0.2) is 76.2 Å². The average molecular weight is 1010 g/mol. The molecule has 0 spiro atoms. The largest absolute Gasteiger partial charge is 0.543 e. The number of hydrogen-bond donors (Lipinski definition) is 0. The van der Waals surface area contributed by atoms with Gasteiger partial charge in [0.15, 0.2) is 4.90 Å². The number of nitro benzene ring substituents is 1. The molecule has 16 nitrogen and oxygen atoms in total. The highest BCUT2D eigenvalue weighted by Crippen LogP contribution is 2.44. The Hall–Kier alpha value is -5.99. The van der Waals surface area contributed by atoms with Crippen molar-refractivity contribution in [3.63, 3.8) is 0 Å². The van der Waals surface area contributed by atoms with Crippen molar-refractivity contribution in [2.45, 2.75) is 87.3 Å². The van der Waals surface area contributed by atoms with Gasteiger partial charge in [-0.1, -0.05) is 74.8 Å². The third kappa shape index (κ3) is 10.1. The van der Waals surface area contributed by atoms with Crippen LogP contribution in [0.1, 0.15) is 66.0 Å². The number of carbonyl (C=O) groups is 2. The first-order valence-corrected chi connectivity index (χ1v) is 27.8. The van der Waals surface area contributed by atoms with Crippen molar-refractivity contribution in [2.24, 2.45) is 21.1 Å². The minimum absolute atomic E-state index is 0.0114. The molecule has 20 heteroatoms. The van der Waals surface area contributed by atoms with E-state index in [2.05, 4.69) is 58.1 Å². The zero-order chi connectivity index (χ0) is 50.3. The first-order chi connectivity index (χ1) is 32.5. The fourth-order valence-corrected chi connectivity index (χ4v) is 12.0. The van der Waals surface area contributed by atoms with Gasteiger partial charge in [-0.25, -0.2) is 13.2 Å². The summed E-state index contributed by atoms with van der Waals surface area (Å²) in [4.78, 5) is 37.8. The van der Waals surface area contributed by atoms with Gasteiger partial charge in [0, 0.05) is 77.6 Å². The number of halogens is 1. The highest BCUT2D eigenvalue weighted by Gasteiger charge is 2.40. The number of para-hydroxylation sites is 1. The summed E-state index contributed by atoms with van der Waals surface area (Å²) in [5.41, 5.74) is 3.71. The summed E-state index contributed by atoms with van der Waals surface area (Å²) in [6.07, 6.45) is 0.133. The monoisotopic (exact) mass is 1010 g/mol. The van der Waals surface area contributed by atoms with E-state index in [0.717, 1.165) is 37.5 Å². The van der Waals surface area contributed by atoms with E-state index in [9.17, 15) is 28.1 Å². The Kier molecular flexibility index (Phi) is 14.6. The number of benzene rings is 4. The number of thioether (sulfide) groups is 1. The fourth-order valence-electron chi connectivity index (χ4n) is 8.21. The topological polar surface area (TPSA) is 183 Å². The second-order valence-corrected chi connectivity index (χ2v) is 26.4. The van der Waals surface area contributed by atoms with Gasteiger partial charge in [0.05, 0.1) is 54.2 Å². The van der Waals surface area contributed by atoms with Gasteiger partial charge < -0.3 is 18.5 Å². The Morgan fingerprint density at radius 1 is 0.899 bits per heavy atom. The molecule has 0 aliphatic carbocycles.